The molecular weight excluding hydrogens is 306 g/mol. The zero-order valence-electron chi connectivity index (χ0n) is 10.7. The fourth-order valence-corrected chi connectivity index (χ4v) is 2.26. The lowest BCUT2D eigenvalue weighted by Gasteiger charge is -2.09. The molecule has 0 bridgehead atoms. The van der Waals surface area contributed by atoms with Gasteiger partial charge in [0.1, 0.15) is 5.75 Å². The Morgan fingerprint density at radius 2 is 1.95 bits per heavy atom. The summed E-state index contributed by atoms with van der Waals surface area (Å²) in [6.45, 7) is 1.94. The Morgan fingerprint density at radius 3 is 2.58 bits per heavy atom. The molecule has 0 saturated heterocycles. The molecule has 0 aliphatic carbocycles. The number of carbonyl (C=O) groups is 1. The number of hydrogen-bond acceptors (Lipinski definition) is 2. The first-order chi connectivity index (χ1) is 9.11. The highest BCUT2D eigenvalue weighted by Gasteiger charge is 2.10. The number of hydrogen-bond donors (Lipinski definition) is 1. The first-order valence-corrected chi connectivity index (χ1v) is 6.61. The predicted molar refractivity (Wildman–Crippen MR) is 79.8 cm³/mol. The van der Waals surface area contributed by atoms with Crippen LogP contribution in [0.15, 0.2) is 46.9 Å². The molecule has 98 valence electrons. The standard InChI is InChI=1S/C15H14BrNO2/c1-10-9-11(7-8-14(10)19-2)17-15(18)12-5-3-4-6-13(12)16/h3-9H,1-2H3,(H,17,18). The van der Waals surface area contributed by atoms with Crippen LogP contribution in [0.5, 0.6) is 5.75 Å². The normalized spacial score (nSPS) is 10.1. The fourth-order valence-electron chi connectivity index (χ4n) is 1.80. The van der Waals surface area contributed by atoms with E-state index in [1.165, 1.54) is 0 Å². The van der Waals surface area contributed by atoms with E-state index in [0.29, 0.717) is 5.56 Å². The molecular formula is C15H14BrNO2. The summed E-state index contributed by atoms with van der Waals surface area (Å²) in [6.07, 6.45) is 0. The number of nitrogens with one attached hydrogen (secondary N) is 1. The Hall–Kier alpha value is -1.81. The number of benzene rings is 2. The molecule has 0 fully saturated rings. The molecule has 2 aromatic rings. The van der Waals surface area contributed by atoms with Crippen LogP contribution in [0.25, 0.3) is 0 Å². The van der Waals surface area contributed by atoms with E-state index in [1.807, 2.05) is 43.3 Å². The summed E-state index contributed by atoms with van der Waals surface area (Å²) < 4.78 is 5.96. The van der Waals surface area contributed by atoms with Crippen molar-refractivity contribution in [3.8, 4) is 5.75 Å². The van der Waals surface area contributed by atoms with Crippen LogP contribution in [0.4, 0.5) is 5.69 Å². The SMILES string of the molecule is COc1ccc(NC(=O)c2ccccc2Br)cc1C. The van der Waals surface area contributed by atoms with Gasteiger partial charge >= 0.3 is 0 Å². The summed E-state index contributed by atoms with van der Waals surface area (Å²) in [5, 5.41) is 2.87. The van der Waals surface area contributed by atoms with Gasteiger partial charge in [0.05, 0.1) is 12.7 Å². The van der Waals surface area contributed by atoms with Crippen molar-refractivity contribution >= 4 is 27.5 Å². The summed E-state index contributed by atoms with van der Waals surface area (Å²) >= 11 is 3.37. The van der Waals surface area contributed by atoms with E-state index in [2.05, 4.69) is 21.2 Å². The van der Waals surface area contributed by atoms with Gasteiger partial charge in [-0.25, -0.2) is 0 Å². The molecule has 0 saturated carbocycles. The minimum absolute atomic E-state index is 0.142. The lowest BCUT2D eigenvalue weighted by molar-refractivity contribution is 0.102. The van der Waals surface area contributed by atoms with Crippen LogP contribution in [0.3, 0.4) is 0 Å². The molecule has 0 aliphatic heterocycles. The van der Waals surface area contributed by atoms with Crippen LogP contribution in [0.2, 0.25) is 0 Å². The van der Waals surface area contributed by atoms with E-state index in [9.17, 15) is 4.79 Å². The van der Waals surface area contributed by atoms with Gasteiger partial charge in [0, 0.05) is 10.2 Å². The minimum atomic E-state index is -0.142. The Labute approximate surface area is 120 Å². The van der Waals surface area contributed by atoms with Gasteiger partial charge in [0.25, 0.3) is 5.91 Å². The molecule has 0 spiro atoms. The summed E-state index contributed by atoms with van der Waals surface area (Å²) in [6, 6.07) is 12.9. The number of ether oxygens (including phenoxy) is 1. The number of methoxy groups -OCH3 is 1. The topological polar surface area (TPSA) is 38.3 Å². The van der Waals surface area contributed by atoms with E-state index in [4.69, 9.17) is 4.74 Å². The molecule has 2 aromatic carbocycles. The van der Waals surface area contributed by atoms with Crippen LogP contribution < -0.4 is 10.1 Å². The average molecular weight is 320 g/mol. The fraction of sp³-hybridized carbons (Fsp3) is 0.133. The predicted octanol–water partition coefficient (Wildman–Crippen LogP) is 4.02. The van der Waals surface area contributed by atoms with Crippen molar-refractivity contribution in [1.29, 1.82) is 0 Å². The number of amides is 1. The molecule has 1 amide bonds. The van der Waals surface area contributed by atoms with E-state index in [1.54, 1.807) is 13.2 Å². The van der Waals surface area contributed by atoms with Crippen molar-refractivity contribution in [3.05, 3.63) is 58.1 Å². The van der Waals surface area contributed by atoms with Gasteiger partial charge < -0.3 is 10.1 Å². The molecule has 0 radical (unpaired) electrons. The number of rotatable bonds is 3. The van der Waals surface area contributed by atoms with Gasteiger partial charge in [-0.1, -0.05) is 12.1 Å². The third-order valence-corrected chi connectivity index (χ3v) is 3.46. The molecule has 0 heterocycles. The van der Waals surface area contributed by atoms with Crippen LogP contribution in [0, 0.1) is 6.92 Å². The van der Waals surface area contributed by atoms with Crippen molar-refractivity contribution in [2.24, 2.45) is 0 Å². The molecule has 19 heavy (non-hydrogen) atoms. The number of carbonyl (C=O) groups excluding carboxylic acids is 1. The first-order valence-electron chi connectivity index (χ1n) is 5.82. The molecule has 0 aromatic heterocycles. The third-order valence-electron chi connectivity index (χ3n) is 2.77. The maximum absolute atomic E-state index is 12.1. The second kappa shape index (κ2) is 5.89. The Kier molecular flexibility index (Phi) is 4.22. The largest absolute Gasteiger partial charge is 0.496 e. The Balaban J connectivity index is 2.20. The maximum Gasteiger partial charge on any atom is 0.256 e. The van der Waals surface area contributed by atoms with Crippen molar-refractivity contribution in [3.63, 3.8) is 0 Å². The van der Waals surface area contributed by atoms with Gasteiger partial charge in [-0.2, -0.15) is 0 Å². The average Bonchev–Trinajstić information content (AvgIpc) is 2.39. The second-order valence-electron chi connectivity index (χ2n) is 4.12. The molecule has 1 N–H and O–H groups in total. The van der Waals surface area contributed by atoms with Crippen molar-refractivity contribution in [2.75, 3.05) is 12.4 Å². The quantitative estimate of drug-likeness (QED) is 0.928. The molecule has 2 rings (SSSR count). The van der Waals surface area contributed by atoms with Gasteiger partial charge in [0.2, 0.25) is 0 Å². The first kappa shape index (κ1) is 13.6. The van der Waals surface area contributed by atoms with Gasteiger partial charge in [-0.3, -0.25) is 4.79 Å². The van der Waals surface area contributed by atoms with Crippen molar-refractivity contribution in [1.82, 2.24) is 0 Å². The Morgan fingerprint density at radius 1 is 1.21 bits per heavy atom. The molecule has 0 aliphatic rings. The van der Waals surface area contributed by atoms with Crippen molar-refractivity contribution in [2.45, 2.75) is 6.92 Å². The highest BCUT2D eigenvalue weighted by Crippen LogP contribution is 2.23. The van der Waals surface area contributed by atoms with Crippen LogP contribution in [0.1, 0.15) is 15.9 Å². The zero-order valence-corrected chi connectivity index (χ0v) is 12.3. The van der Waals surface area contributed by atoms with Crippen LogP contribution in [-0.2, 0) is 0 Å². The second-order valence-corrected chi connectivity index (χ2v) is 4.97. The number of aryl methyl sites for hydroxylation is 1. The van der Waals surface area contributed by atoms with Gasteiger partial charge in [-0.05, 0) is 58.7 Å². The number of halogens is 1. The Bertz CT molecular complexity index is 611. The smallest absolute Gasteiger partial charge is 0.256 e. The third kappa shape index (κ3) is 3.15. The van der Waals surface area contributed by atoms with E-state index in [0.717, 1.165) is 21.5 Å². The van der Waals surface area contributed by atoms with Crippen LogP contribution in [-0.4, -0.2) is 13.0 Å². The van der Waals surface area contributed by atoms with Crippen LogP contribution >= 0.6 is 15.9 Å². The van der Waals surface area contributed by atoms with E-state index in [-0.39, 0.29) is 5.91 Å². The summed E-state index contributed by atoms with van der Waals surface area (Å²) in [7, 11) is 1.63. The highest BCUT2D eigenvalue weighted by atomic mass is 79.9. The number of anilines is 1. The molecule has 0 atom stereocenters. The zero-order chi connectivity index (χ0) is 13.8. The van der Waals surface area contributed by atoms with Crippen molar-refractivity contribution < 1.29 is 9.53 Å². The van der Waals surface area contributed by atoms with E-state index >= 15 is 0 Å². The summed E-state index contributed by atoms with van der Waals surface area (Å²) in [4.78, 5) is 12.1. The summed E-state index contributed by atoms with van der Waals surface area (Å²) in [5.41, 5.74) is 2.34. The molecule has 3 nitrogen and oxygen atoms in total. The molecule has 4 heteroatoms. The highest BCUT2D eigenvalue weighted by molar-refractivity contribution is 9.10. The minimum Gasteiger partial charge on any atom is -0.496 e. The monoisotopic (exact) mass is 319 g/mol. The van der Waals surface area contributed by atoms with Gasteiger partial charge in [0.15, 0.2) is 0 Å². The molecule has 0 unspecified atom stereocenters. The van der Waals surface area contributed by atoms with E-state index < -0.39 is 0 Å². The lowest BCUT2D eigenvalue weighted by Crippen LogP contribution is -2.12. The lowest BCUT2D eigenvalue weighted by atomic mass is 10.1. The summed E-state index contributed by atoms with van der Waals surface area (Å²) in [5.74, 6) is 0.663. The maximum atomic E-state index is 12.1. The van der Waals surface area contributed by atoms with Gasteiger partial charge in [-0.15, -0.1) is 0 Å².